The first-order chi connectivity index (χ1) is 6.15. The molecule has 6 N–H and O–H groups in total. The fourth-order valence-corrected chi connectivity index (χ4v) is 1.18. The molecule has 1 atom stereocenters. The quantitative estimate of drug-likeness (QED) is 0.606. The molecule has 0 aromatic heterocycles. The summed E-state index contributed by atoms with van der Waals surface area (Å²) in [5.74, 6) is 0.0437. The van der Waals surface area contributed by atoms with E-state index in [-0.39, 0.29) is 29.9 Å². The molecule has 0 spiro atoms. The van der Waals surface area contributed by atoms with Crippen LogP contribution < -0.4 is 11.5 Å². The Morgan fingerprint density at radius 3 is 2.43 bits per heavy atom. The highest BCUT2D eigenvalue weighted by Gasteiger charge is 2.09. The van der Waals surface area contributed by atoms with E-state index in [9.17, 15) is 5.11 Å². The SMILES string of the molecule is Cl.NCC[C@H](N)c1ccc(O)cc1O. The molecule has 0 radical (unpaired) electrons. The molecule has 0 fully saturated rings. The maximum absolute atomic E-state index is 9.41. The number of hydrogen-bond donors (Lipinski definition) is 4. The van der Waals surface area contributed by atoms with Crippen molar-refractivity contribution >= 4 is 12.4 Å². The van der Waals surface area contributed by atoms with Gasteiger partial charge in [0.25, 0.3) is 0 Å². The van der Waals surface area contributed by atoms with Crippen LogP contribution in [0.2, 0.25) is 0 Å². The normalized spacial score (nSPS) is 11.9. The molecule has 14 heavy (non-hydrogen) atoms. The molecule has 0 heterocycles. The van der Waals surface area contributed by atoms with Crippen LogP contribution in [0.3, 0.4) is 0 Å². The largest absolute Gasteiger partial charge is 0.508 e. The van der Waals surface area contributed by atoms with Crippen LogP contribution in [0.5, 0.6) is 11.5 Å². The van der Waals surface area contributed by atoms with Crippen molar-refractivity contribution in [2.75, 3.05) is 6.54 Å². The average molecular weight is 219 g/mol. The lowest BCUT2D eigenvalue weighted by Crippen LogP contribution is -2.15. The zero-order chi connectivity index (χ0) is 9.84. The Morgan fingerprint density at radius 1 is 1.29 bits per heavy atom. The number of aromatic hydroxyl groups is 2. The van der Waals surface area contributed by atoms with E-state index in [0.29, 0.717) is 18.5 Å². The Kier molecular flexibility index (Phi) is 5.30. The summed E-state index contributed by atoms with van der Waals surface area (Å²) in [5, 5.41) is 18.4. The summed E-state index contributed by atoms with van der Waals surface area (Å²) >= 11 is 0. The smallest absolute Gasteiger partial charge is 0.124 e. The highest BCUT2D eigenvalue weighted by molar-refractivity contribution is 5.85. The molecule has 4 nitrogen and oxygen atoms in total. The first kappa shape index (κ1) is 13.0. The number of halogens is 1. The van der Waals surface area contributed by atoms with E-state index < -0.39 is 0 Å². The zero-order valence-corrected chi connectivity index (χ0v) is 8.50. The second-order valence-electron chi connectivity index (χ2n) is 2.93. The summed E-state index contributed by atoms with van der Waals surface area (Å²) in [7, 11) is 0. The molecule has 80 valence electrons. The summed E-state index contributed by atoms with van der Waals surface area (Å²) in [6.45, 7) is 0.474. The molecule has 5 heteroatoms. The van der Waals surface area contributed by atoms with Crippen molar-refractivity contribution in [3.8, 4) is 11.5 Å². The van der Waals surface area contributed by atoms with Gasteiger partial charge in [-0.05, 0) is 19.0 Å². The van der Waals surface area contributed by atoms with Gasteiger partial charge < -0.3 is 21.7 Å². The Bertz CT molecular complexity index is 294. The van der Waals surface area contributed by atoms with Crippen molar-refractivity contribution in [2.45, 2.75) is 12.5 Å². The number of benzene rings is 1. The van der Waals surface area contributed by atoms with Crippen molar-refractivity contribution in [3.05, 3.63) is 23.8 Å². The summed E-state index contributed by atoms with van der Waals surface area (Å²) in [5.41, 5.74) is 11.7. The van der Waals surface area contributed by atoms with Crippen LogP contribution in [0.4, 0.5) is 0 Å². The van der Waals surface area contributed by atoms with Crippen LogP contribution in [0.1, 0.15) is 18.0 Å². The third kappa shape index (κ3) is 3.06. The molecular weight excluding hydrogens is 204 g/mol. The molecule has 0 unspecified atom stereocenters. The molecular formula is C9H15ClN2O2. The molecule has 1 rings (SSSR count). The highest BCUT2D eigenvalue weighted by Crippen LogP contribution is 2.27. The maximum atomic E-state index is 9.41. The minimum absolute atomic E-state index is 0. The molecule has 0 aliphatic carbocycles. The van der Waals surface area contributed by atoms with Crippen molar-refractivity contribution in [2.24, 2.45) is 11.5 Å². The van der Waals surface area contributed by atoms with Crippen LogP contribution in [0.15, 0.2) is 18.2 Å². The minimum Gasteiger partial charge on any atom is -0.508 e. The summed E-state index contributed by atoms with van der Waals surface area (Å²) in [4.78, 5) is 0. The van der Waals surface area contributed by atoms with Crippen molar-refractivity contribution < 1.29 is 10.2 Å². The van der Waals surface area contributed by atoms with E-state index in [2.05, 4.69) is 0 Å². The van der Waals surface area contributed by atoms with Crippen LogP contribution >= 0.6 is 12.4 Å². The van der Waals surface area contributed by atoms with Crippen molar-refractivity contribution in [1.29, 1.82) is 0 Å². The Hall–Kier alpha value is -0.970. The van der Waals surface area contributed by atoms with Crippen LogP contribution in [-0.2, 0) is 0 Å². The zero-order valence-electron chi connectivity index (χ0n) is 7.68. The van der Waals surface area contributed by atoms with Gasteiger partial charge in [0.15, 0.2) is 0 Å². The molecule has 0 aliphatic heterocycles. The number of phenols is 2. The number of hydrogen-bond acceptors (Lipinski definition) is 4. The molecule has 0 bridgehead atoms. The fourth-order valence-electron chi connectivity index (χ4n) is 1.18. The Morgan fingerprint density at radius 2 is 1.93 bits per heavy atom. The Balaban J connectivity index is 0.00000169. The lowest BCUT2D eigenvalue weighted by Gasteiger charge is -2.12. The molecule has 0 saturated heterocycles. The predicted octanol–water partition coefficient (Wildman–Crippen LogP) is 0.868. The lowest BCUT2D eigenvalue weighted by molar-refractivity contribution is 0.440. The summed E-state index contributed by atoms with van der Waals surface area (Å²) in [6, 6.07) is 4.09. The monoisotopic (exact) mass is 218 g/mol. The molecule has 0 amide bonds. The first-order valence-corrected chi connectivity index (χ1v) is 4.12. The molecule has 1 aromatic carbocycles. The van der Waals surface area contributed by atoms with Gasteiger partial charge in [0.05, 0.1) is 0 Å². The van der Waals surface area contributed by atoms with Crippen LogP contribution in [0, 0.1) is 0 Å². The minimum atomic E-state index is -0.273. The van der Waals surface area contributed by atoms with Gasteiger partial charge in [-0.3, -0.25) is 0 Å². The molecule has 0 saturated carbocycles. The van der Waals surface area contributed by atoms with E-state index in [1.807, 2.05) is 0 Å². The van der Waals surface area contributed by atoms with Gasteiger partial charge in [-0.2, -0.15) is 0 Å². The standard InChI is InChI=1S/C9H14N2O2.ClH/c10-4-3-8(11)7-2-1-6(12)5-9(7)13;/h1-2,5,8,12-13H,3-4,10-11H2;1H/t8-;/m0./s1. The van der Waals surface area contributed by atoms with Crippen molar-refractivity contribution in [3.63, 3.8) is 0 Å². The Labute approximate surface area is 88.9 Å². The van der Waals surface area contributed by atoms with Gasteiger partial charge in [0, 0.05) is 17.7 Å². The summed E-state index contributed by atoms with van der Waals surface area (Å²) in [6.07, 6.45) is 0.609. The van der Waals surface area contributed by atoms with E-state index >= 15 is 0 Å². The number of rotatable bonds is 3. The first-order valence-electron chi connectivity index (χ1n) is 4.12. The van der Waals surface area contributed by atoms with E-state index in [4.69, 9.17) is 16.6 Å². The summed E-state index contributed by atoms with van der Waals surface area (Å²) < 4.78 is 0. The van der Waals surface area contributed by atoms with Gasteiger partial charge in [0.2, 0.25) is 0 Å². The topological polar surface area (TPSA) is 92.5 Å². The highest BCUT2D eigenvalue weighted by atomic mass is 35.5. The molecule has 0 aliphatic rings. The van der Waals surface area contributed by atoms with Gasteiger partial charge in [-0.1, -0.05) is 6.07 Å². The van der Waals surface area contributed by atoms with E-state index in [1.165, 1.54) is 12.1 Å². The van der Waals surface area contributed by atoms with Gasteiger partial charge in [0.1, 0.15) is 11.5 Å². The second kappa shape index (κ2) is 5.70. The average Bonchev–Trinajstić information content (AvgIpc) is 2.04. The second-order valence-corrected chi connectivity index (χ2v) is 2.93. The van der Waals surface area contributed by atoms with E-state index in [1.54, 1.807) is 6.07 Å². The van der Waals surface area contributed by atoms with Gasteiger partial charge in [-0.25, -0.2) is 0 Å². The van der Waals surface area contributed by atoms with Gasteiger partial charge in [-0.15, -0.1) is 12.4 Å². The maximum Gasteiger partial charge on any atom is 0.124 e. The van der Waals surface area contributed by atoms with Crippen LogP contribution in [-0.4, -0.2) is 16.8 Å². The predicted molar refractivity (Wildman–Crippen MR) is 57.6 cm³/mol. The van der Waals surface area contributed by atoms with Gasteiger partial charge >= 0.3 is 0 Å². The fraction of sp³-hybridized carbons (Fsp3) is 0.333. The number of nitrogens with two attached hydrogens (primary N) is 2. The number of phenolic OH excluding ortho intramolecular Hbond substituents is 2. The van der Waals surface area contributed by atoms with Crippen molar-refractivity contribution in [1.82, 2.24) is 0 Å². The van der Waals surface area contributed by atoms with Crippen LogP contribution in [0.25, 0.3) is 0 Å². The van der Waals surface area contributed by atoms with E-state index in [0.717, 1.165) is 0 Å². The third-order valence-corrected chi connectivity index (χ3v) is 1.89. The third-order valence-electron chi connectivity index (χ3n) is 1.89. The lowest BCUT2D eigenvalue weighted by atomic mass is 10.0. The molecule has 1 aromatic rings.